The van der Waals surface area contributed by atoms with Crippen molar-refractivity contribution in [2.45, 2.75) is 82.9 Å². The van der Waals surface area contributed by atoms with Crippen LogP contribution < -0.4 is 25.7 Å². The number of aliphatic carboxylic acids is 1. The molecule has 12 nitrogen and oxygen atoms in total. The summed E-state index contributed by atoms with van der Waals surface area (Å²) in [7, 11) is -4.19. The van der Waals surface area contributed by atoms with Crippen LogP contribution in [-0.2, 0) is 21.2 Å². The average Bonchev–Trinajstić information content (AvgIpc) is 3.08. The molecule has 286 valence electrons. The van der Waals surface area contributed by atoms with Crippen LogP contribution in [0.3, 0.4) is 0 Å². The molecule has 0 aliphatic carbocycles. The number of hydrogen-bond donors (Lipinski definition) is 5. The van der Waals surface area contributed by atoms with Crippen molar-refractivity contribution in [3.05, 3.63) is 128 Å². The van der Waals surface area contributed by atoms with Gasteiger partial charge in [-0.05, 0) is 130 Å². The predicted octanol–water partition coefficient (Wildman–Crippen LogP) is 5.26. The number of halogens is 2. The number of carboxylic acid groups (broad SMARTS) is 1. The minimum Gasteiger partial charge on any atom is -0.487 e. The number of carboxylic acids is 1. The number of ether oxygens (including phenoxy) is 1. The van der Waals surface area contributed by atoms with Crippen molar-refractivity contribution < 1.29 is 36.6 Å². The first-order chi connectivity index (χ1) is 25.4. The summed E-state index contributed by atoms with van der Waals surface area (Å²) in [6.45, 7) is 9.16. The van der Waals surface area contributed by atoms with Gasteiger partial charge >= 0.3 is 5.97 Å². The molecular formula is C39H43F2N5O7S. The monoisotopic (exact) mass is 763 g/mol. The van der Waals surface area contributed by atoms with Gasteiger partial charge in [0.05, 0.1) is 10.9 Å². The largest absolute Gasteiger partial charge is 0.487 e. The van der Waals surface area contributed by atoms with E-state index in [0.29, 0.717) is 46.4 Å². The highest BCUT2D eigenvalue weighted by atomic mass is 32.2. The van der Waals surface area contributed by atoms with Crippen LogP contribution in [0.1, 0.15) is 82.9 Å². The average molecular weight is 764 g/mol. The molecule has 0 saturated heterocycles. The summed E-state index contributed by atoms with van der Waals surface area (Å²) in [5.41, 5.74) is 1.60. The van der Waals surface area contributed by atoms with Crippen LogP contribution in [0.5, 0.6) is 5.75 Å². The van der Waals surface area contributed by atoms with E-state index >= 15 is 0 Å². The molecule has 0 fully saturated rings. The fraction of sp³-hybridized carbons (Fsp3) is 0.333. The van der Waals surface area contributed by atoms with Gasteiger partial charge in [-0.1, -0.05) is 24.3 Å². The van der Waals surface area contributed by atoms with Crippen LogP contribution in [-0.4, -0.2) is 54.1 Å². The van der Waals surface area contributed by atoms with Crippen molar-refractivity contribution in [2.75, 3.05) is 6.54 Å². The Balaban J connectivity index is 1.25. The van der Waals surface area contributed by atoms with Gasteiger partial charge in [0, 0.05) is 12.7 Å². The highest BCUT2D eigenvalue weighted by Crippen LogP contribution is 2.42. The first kappa shape index (κ1) is 39.6. The summed E-state index contributed by atoms with van der Waals surface area (Å²) in [6, 6.07) is 11.0. The third-order valence-corrected chi connectivity index (χ3v) is 11.2. The number of carbonyl (C=O) groups is 2. The van der Waals surface area contributed by atoms with Gasteiger partial charge in [0.15, 0.2) is 0 Å². The predicted molar refractivity (Wildman–Crippen MR) is 199 cm³/mol. The third-order valence-electron chi connectivity index (χ3n) is 9.57. The number of aromatic nitrogens is 1. The molecule has 0 unspecified atom stereocenters. The van der Waals surface area contributed by atoms with Gasteiger partial charge in [0.1, 0.15) is 34.6 Å². The number of guanidine groups is 1. The van der Waals surface area contributed by atoms with Crippen molar-refractivity contribution >= 4 is 27.9 Å². The highest BCUT2D eigenvalue weighted by Gasteiger charge is 2.34. The van der Waals surface area contributed by atoms with Crippen molar-refractivity contribution in [1.29, 1.82) is 5.41 Å². The molecule has 1 aliphatic rings. The number of hydrogen-bond acceptors (Lipinski definition) is 7. The zero-order valence-electron chi connectivity index (χ0n) is 30.5. The van der Waals surface area contributed by atoms with Crippen LogP contribution >= 0.6 is 0 Å². The number of pyridine rings is 1. The molecule has 0 bridgehead atoms. The Morgan fingerprint density at radius 3 is 2.20 bits per heavy atom. The maximum Gasteiger partial charge on any atom is 0.326 e. The first-order valence-corrected chi connectivity index (χ1v) is 18.8. The smallest absolute Gasteiger partial charge is 0.326 e. The molecule has 54 heavy (non-hydrogen) atoms. The van der Waals surface area contributed by atoms with E-state index in [1.807, 2.05) is 13.8 Å². The Morgan fingerprint density at radius 2 is 1.61 bits per heavy atom. The van der Waals surface area contributed by atoms with E-state index in [2.05, 4.69) is 15.4 Å². The van der Waals surface area contributed by atoms with Crippen molar-refractivity contribution in [3.63, 3.8) is 0 Å². The topological polar surface area (TPSA) is 180 Å². The minimum atomic E-state index is -4.19. The fourth-order valence-corrected chi connectivity index (χ4v) is 8.26. The van der Waals surface area contributed by atoms with E-state index in [-0.39, 0.29) is 29.9 Å². The molecule has 0 spiro atoms. The van der Waals surface area contributed by atoms with Crippen LogP contribution in [0.2, 0.25) is 0 Å². The van der Waals surface area contributed by atoms with E-state index in [9.17, 15) is 36.7 Å². The molecule has 1 aromatic heterocycles. The molecule has 0 saturated carbocycles. The summed E-state index contributed by atoms with van der Waals surface area (Å²) in [4.78, 5) is 39.2. The molecular weight excluding hydrogens is 721 g/mol. The number of nitrogens with zero attached hydrogens (tertiary/aromatic N) is 1. The van der Waals surface area contributed by atoms with Crippen molar-refractivity contribution in [1.82, 2.24) is 19.9 Å². The fourth-order valence-electron chi connectivity index (χ4n) is 6.74. The Hall–Kier alpha value is -5.57. The maximum absolute atomic E-state index is 14.3. The lowest BCUT2D eigenvalue weighted by atomic mass is 9.88. The third kappa shape index (κ3) is 8.62. The van der Waals surface area contributed by atoms with Gasteiger partial charge in [-0.2, -0.15) is 0 Å². The van der Waals surface area contributed by atoms with Gasteiger partial charge in [-0.3, -0.25) is 15.0 Å². The lowest BCUT2D eigenvalue weighted by Gasteiger charge is -2.35. The Kier molecular flexibility index (Phi) is 11.6. The second kappa shape index (κ2) is 15.8. The van der Waals surface area contributed by atoms with Gasteiger partial charge in [-0.15, -0.1) is 0 Å². The first-order valence-electron chi connectivity index (χ1n) is 17.3. The molecule has 2 heterocycles. The zero-order chi connectivity index (χ0) is 39.5. The number of rotatable bonds is 12. The SMILES string of the molecule is Cc1c(C)c(S(=O)(=O)NC(=N)NCCC[C@H](NC(=O)c2cccn(C(c3cccc(F)c3)c3cccc(F)c3)c2=O)C(=O)O)c(C)c2c1OC(C)(C)CC2. The standard InChI is InChI=1S/C39H43F2N5O7S/c1-22-23(2)34(24(3)29-16-17-39(4,5)53-33(22)29)54(51,52)45-38(42)43-18-8-15-31(37(49)50)44-35(47)30-14-9-19-46(36(30)48)32(25-10-6-12-27(40)20-25)26-11-7-13-28(41)21-26/h6-7,9-14,19-21,31-32H,8,15-18H2,1-5H3,(H,44,47)(H,49,50)(H3,42,43,45)/t31-/m0/s1. The molecule has 15 heteroatoms. The molecule has 1 atom stereocenters. The number of carbonyl (C=O) groups excluding carboxylic acids is 1. The second-order valence-electron chi connectivity index (χ2n) is 13.9. The summed E-state index contributed by atoms with van der Waals surface area (Å²) in [5, 5.41) is 23.1. The number of benzene rings is 3. The molecule has 3 aromatic carbocycles. The van der Waals surface area contributed by atoms with E-state index in [4.69, 9.17) is 10.1 Å². The molecule has 5 N–H and O–H groups in total. The number of fused-ring (bicyclic) bond motifs is 1. The summed E-state index contributed by atoms with van der Waals surface area (Å²) >= 11 is 0. The van der Waals surface area contributed by atoms with Crippen LogP contribution in [0.4, 0.5) is 8.78 Å². The van der Waals surface area contributed by atoms with Crippen LogP contribution in [0.25, 0.3) is 0 Å². The molecule has 1 amide bonds. The van der Waals surface area contributed by atoms with Crippen LogP contribution in [0.15, 0.2) is 76.6 Å². The van der Waals surface area contributed by atoms with Crippen molar-refractivity contribution in [2.24, 2.45) is 0 Å². The number of nitrogens with one attached hydrogen (secondary N) is 4. The normalized spacial score (nSPS) is 14.1. The Bertz CT molecular complexity index is 2250. The summed E-state index contributed by atoms with van der Waals surface area (Å²) in [6.07, 6.45) is 2.67. The quantitative estimate of drug-likeness (QED) is 0.0737. The summed E-state index contributed by atoms with van der Waals surface area (Å²) < 4.78 is 65.1. The molecule has 1 aliphatic heterocycles. The summed E-state index contributed by atoms with van der Waals surface area (Å²) in [5.74, 6) is -3.37. The van der Waals surface area contributed by atoms with Crippen LogP contribution in [0, 0.1) is 37.8 Å². The Morgan fingerprint density at radius 1 is 0.981 bits per heavy atom. The Labute approximate surface area is 312 Å². The van der Waals surface area contributed by atoms with Gasteiger partial charge in [0.25, 0.3) is 21.5 Å². The van der Waals surface area contributed by atoms with E-state index in [0.717, 1.165) is 10.1 Å². The lowest BCUT2D eigenvalue weighted by Crippen LogP contribution is -2.44. The zero-order valence-corrected chi connectivity index (χ0v) is 31.4. The minimum absolute atomic E-state index is 0.0216. The molecule has 5 rings (SSSR count). The van der Waals surface area contributed by atoms with Gasteiger partial charge in [0.2, 0.25) is 5.96 Å². The van der Waals surface area contributed by atoms with Crippen molar-refractivity contribution in [3.8, 4) is 5.75 Å². The van der Waals surface area contributed by atoms with E-state index < -0.39 is 62.7 Å². The van der Waals surface area contributed by atoms with Gasteiger partial charge in [-0.25, -0.2) is 26.7 Å². The molecule has 4 aromatic rings. The lowest BCUT2D eigenvalue weighted by molar-refractivity contribution is -0.139. The number of sulfonamides is 1. The van der Waals surface area contributed by atoms with E-state index in [1.54, 1.807) is 32.9 Å². The van der Waals surface area contributed by atoms with E-state index in [1.165, 1.54) is 54.7 Å². The number of amides is 1. The second-order valence-corrected chi connectivity index (χ2v) is 15.6. The molecule has 0 radical (unpaired) electrons. The van der Waals surface area contributed by atoms with Gasteiger partial charge < -0.3 is 25.0 Å². The highest BCUT2D eigenvalue weighted by molar-refractivity contribution is 7.90. The maximum atomic E-state index is 14.3.